The highest BCUT2D eigenvalue weighted by molar-refractivity contribution is 6.11. The van der Waals surface area contributed by atoms with Crippen LogP contribution in [0.15, 0.2) is 72.4 Å². The summed E-state index contributed by atoms with van der Waals surface area (Å²) < 4.78 is 20.7. The maximum Gasteiger partial charge on any atom is 0.337 e. The first-order chi connectivity index (χ1) is 17.0. The van der Waals surface area contributed by atoms with Crippen LogP contribution in [0.3, 0.4) is 0 Å². The average molecular weight is 474 g/mol. The molecule has 9 heteroatoms. The molecule has 178 valence electrons. The van der Waals surface area contributed by atoms with E-state index >= 15 is 0 Å². The smallest absolute Gasteiger partial charge is 0.337 e. The number of anilines is 1. The van der Waals surface area contributed by atoms with Gasteiger partial charge in [0, 0.05) is 5.69 Å². The molecule has 35 heavy (non-hydrogen) atoms. The van der Waals surface area contributed by atoms with Crippen molar-refractivity contribution in [2.24, 2.45) is 0 Å². The topological polar surface area (TPSA) is 112 Å². The molecule has 4 rings (SSSR count). The Kier molecular flexibility index (Phi) is 6.96. The van der Waals surface area contributed by atoms with Crippen LogP contribution in [-0.4, -0.2) is 38.8 Å². The molecule has 1 aliphatic rings. The van der Waals surface area contributed by atoms with Gasteiger partial charge in [-0.05, 0) is 54.1 Å². The van der Waals surface area contributed by atoms with Crippen LogP contribution in [0.2, 0.25) is 0 Å². The molecule has 0 saturated heterocycles. The van der Waals surface area contributed by atoms with Crippen LogP contribution >= 0.6 is 0 Å². The van der Waals surface area contributed by atoms with Gasteiger partial charge in [0.05, 0.1) is 25.3 Å². The summed E-state index contributed by atoms with van der Waals surface area (Å²) in [5, 5.41) is 5.36. The number of methoxy groups -OCH3 is 2. The second kappa shape index (κ2) is 10.4. The predicted molar refractivity (Wildman–Crippen MR) is 127 cm³/mol. The van der Waals surface area contributed by atoms with Crippen molar-refractivity contribution in [1.82, 2.24) is 5.32 Å². The largest absolute Gasteiger partial charge is 0.496 e. The number of fused-ring (bicyclic) bond motifs is 1. The highest BCUT2D eigenvalue weighted by Crippen LogP contribution is 2.33. The van der Waals surface area contributed by atoms with Gasteiger partial charge in [-0.1, -0.05) is 24.3 Å². The zero-order valence-electron chi connectivity index (χ0n) is 19.0. The Bertz CT molecular complexity index is 1320. The van der Waals surface area contributed by atoms with Gasteiger partial charge >= 0.3 is 5.97 Å². The van der Waals surface area contributed by atoms with Crippen molar-refractivity contribution < 1.29 is 33.3 Å². The van der Waals surface area contributed by atoms with Gasteiger partial charge in [0.1, 0.15) is 11.4 Å². The Morgan fingerprint density at radius 3 is 2.51 bits per heavy atom. The number of para-hydroxylation sites is 1. The van der Waals surface area contributed by atoms with E-state index in [2.05, 4.69) is 10.6 Å². The zero-order valence-corrected chi connectivity index (χ0v) is 19.0. The Morgan fingerprint density at radius 2 is 1.71 bits per heavy atom. The van der Waals surface area contributed by atoms with Crippen LogP contribution in [0.1, 0.15) is 26.3 Å². The molecule has 0 fully saturated rings. The molecule has 3 aromatic rings. The average Bonchev–Trinajstić information content (AvgIpc) is 3.35. The number of nitrogens with one attached hydrogen (secondary N) is 2. The fraction of sp³-hybridized carbons (Fsp3) is 0.115. The van der Waals surface area contributed by atoms with Crippen molar-refractivity contribution in [3.8, 4) is 17.2 Å². The number of hydrogen-bond donors (Lipinski definition) is 2. The molecule has 0 aromatic heterocycles. The number of amides is 2. The Hall–Kier alpha value is -4.79. The summed E-state index contributed by atoms with van der Waals surface area (Å²) in [6, 6.07) is 18.1. The Labute approximate surface area is 201 Å². The number of esters is 1. The zero-order chi connectivity index (χ0) is 24.8. The van der Waals surface area contributed by atoms with E-state index in [1.165, 1.54) is 26.4 Å². The van der Waals surface area contributed by atoms with E-state index in [0.717, 1.165) is 0 Å². The SMILES string of the molecule is COC(=O)c1cccc(NC(=O)C(=Cc2ccc3c(c2)OCO3)NC(=O)c2ccccc2OC)c1. The molecule has 0 unspecified atom stereocenters. The summed E-state index contributed by atoms with van der Waals surface area (Å²) in [5.41, 5.74) is 1.43. The normalized spacial score (nSPS) is 12.0. The van der Waals surface area contributed by atoms with Crippen LogP contribution in [0.4, 0.5) is 5.69 Å². The second-order valence-corrected chi connectivity index (χ2v) is 7.35. The van der Waals surface area contributed by atoms with E-state index in [4.69, 9.17) is 18.9 Å². The van der Waals surface area contributed by atoms with Gasteiger partial charge in [0.15, 0.2) is 11.5 Å². The summed E-state index contributed by atoms with van der Waals surface area (Å²) in [4.78, 5) is 38.1. The van der Waals surface area contributed by atoms with Crippen molar-refractivity contribution in [3.05, 3.63) is 89.1 Å². The van der Waals surface area contributed by atoms with Gasteiger partial charge < -0.3 is 29.6 Å². The molecular weight excluding hydrogens is 452 g/mol. The quantitative estimate of drug-likeness (QED) is 0.397. The third-order valence-corrected chi connectivity index (χ3v) is 5.09. The number of benzene rings is 3. The summed E-state index contributed by atoms with van der Waals surface area (Å²) >= 11 is 0. The maximum absolute atomic E-state index is 13.2. The first-order valence-electron chi connectivity index (χ1n) is 10.5. The van der Waals surface area contributed by atoms with Gasteiger partial charge in [-0.2, -0.15) is 0 Å². The maximum atomic E-state index is 13.2. The molecular formula is C26H22N2O7. The Balaban J connectivity index is 1.65. The monoisotopic (exact) mass is 474 g/mol. The lowest BCUT2D eigenvalue weighted by Gasteiger charge is -2.13. The standard InChI is InChI=1S/C26H22N2O7/c1-32-21-9-4-3-8-19(21)24(29)28-20(12-16-10-11-22-23(13-16)35-15-34-22)25(30)27-18-7-5-6-17(14-18)26(31)33-2/h3-14H,15H2,1-2H3,(H,27,30)(H,28,29). The fourth-order valence-corrected chi connectivity index (χ4v) is 3.39. The summed E-state index contributed by atoms with van der Waals surface area (Å²) in [7, 11) is 2.73. The van der Waals surface area contributed by atoms with Gasteiger partial charge in [0.25, 0.3) is 11.8 Å². The predicted octanol–water partition coefficient (Wildman–Crippen LogP) is 3.62. The van der Waals surface area contributed by atoms with Crippen LogP contribution in [-0.2, 0) is 9.53 Å². The number of carbonyl (C=O) groups excluding carboxylic acids is 3. The first kappa shape index (κ1) is 23.4. The summed E-state index contributed by atoms with van der Waals surface area (Å²) in [5.74, 6) is -0.202. The van der Waals surface area contributed by atoms with Gasteiger partial charge in [0.2, 0.25) is 6.79 Å². The molecule has 2 amide bonds. The van der Waals surface area contributed by atoms with Gasteiger partial charge in [-0.3, -0.25) is 9.59 Å². The number of carbonyl (C=O) groups is 3. The van der Waals surface area contributed by atoms with Crippen LogP contribution in [0, 0.1) is 0 Å². The Morgan fingerprint density at radius 1 is 0.914 bits per heavy atom. The van der Waals surface area contributed by atoms with E-state index in [0.29, 0.717) is 28.5 Å². The summed E-state index contributed by atoms with van der Waals surface area (Å²) in [6.07, 6.45) is 1.51. The number of ether oxygens (including phenoxy) is 4. The minimum atomic E-state index is -0.604. The molecule has 0 aliphatic carbocycles. The highest BCUT2D eigenvalue weighted by Gasteiger charge is 2.19. The van der Waals surface area contributed by atoms with Crippen molar-refractivity contribution in [3.63, 3.8) is 0 Å². The van der Waals surface area contributed by atoms with Crippen molar-refractivity contribution in [1.29, 1.82) is 0 Å². The molecule has 0 bridgehead atoms. The van der Waals surface area contributed by atoms with Gasteiger partial charge in [-0.25, -0.2) is 4.79 Å². The first-order valence-corrected chi connectivity index (χ1v) is 10.5. The van der Waals surface area contributed by atoms with Crippen LogP contribution < -0.4 is 24.8 Å². The summed E-state index contributed by atoms with van der Waals surface area (Å²) in [6.45, 7) is 0.108. The third-order valence-electron chi connectivity index (χ3n) is 5.09. The number of rotatable bonds is 7. The highest BCUT2D eigenvalue weighted by atomic mass is 16.7. The lowest BCUT2D eigenvalue weighted by atomic mass is 10.1. The van der Waals surface area contributed by atoms with E-state index in [9.17, 15) is 14.4 Å². The molecule has 1 aliphatic heterocycles. The minimum Gasteiger partial charge on any atom is -0.496 e. The van der Waals surface area contributed by atoms with Crippen molar-refractivity contribution >= 4 is 29.5 Å². The van der Waals surface area contributed by atoms with E-state index in [1.807, 2.05) is 0 Å². The third kappa shape index (κ3) is 5.41. The molecule has 9 nitrogen and oxygen atoms in total. The van der Waals surface area contributed by atoms with Crippen LogP contribution in [0.25, 0.3) is 6.08 Å². The second-order valence-electron chi connectivity index (χ2n) is 7.35. The lowest BCUT2D eigenvalue weighted by molar-refractivity contribution is -0.113. The molecule has 2 N–H and O–H groups in total. The fourth-order valence-electron chi connectivity index (χ4n) is 3.39. The van der Waals surface area contributed by atoms with Gasteiger partial charge in [-0.15, -0.1) is 0 Å². The molecule has 0 spiro atoms. The van der Waals surface area contributed by atoms with Crippen molar-refractivity contribution in [2.45, 2.75) is 0 Å². The number of hydrogen-bond acceptors (Lipinski definition) is 7. The van der Waals surface area contributed by atoms with Crippen LogP contribution in [0.5, 0.6) is 17.2 Å². The molecule has 0 radical (unpaired) electrons. The molecule has 3 aromatic carbocycles. The van der Waals surface area contributed by atoms with E-state index < -0.39 is 17.8 Å². The van der Waals surface area contributed by atoms with Crippen molar-refractivity contribution in [2.75, 3.05) is 26.3 Å². The molecule has 0 atom stereocenters. The molecule has 1 heterocycles. The van der Waals surface area contributed by atoms with E-state index in [1.54, 1.807) is 60.7 Å². The minimum absolute atomic E-state index is 0.0387. The lowest BCUT2D eigenvalue weighted by Crippen LogP contribution is -2.31. The van der Waals surface area contributed by atoms with E-state index in [-0.39, 0.29) is 23.6 Å². The molecule has 0 saturated carbocycles.